The van der Waals surface area contributed by atoms with E-state index >= 15 is 0 Å². The third kappa shape index (κ3) is 5.62. The molecule has 4 atom stereocenters. The highest BCUT2D eigenvalue weighted by atomic mass is 16.6. The molecule has 0 saturated carbocycles. The maximum absolute atomic E-state index is 13.9. The number of rotatable bonds is 4. The average Bonchev–Trinajstić information content (AvgIpc) is 3.20. The molecule has 2 aliphatic heterocycles. The molecule has 52 heavy (non-hydrogen) atoms. The highest BCUT2D eigenvalue weighted by Crippen LogP contribution is 2.47. The molecule has 0 aromatic heterocycles. The van der Waals surface area contributed by atoms with E-state index in [4.69, 9.17) is 14.2 Å². The van der Waals surface area contributed by atoms with E-state index < -0.39 is 64.6 Å². The van der Waals surface area contributed by atoms with E-state index in [0.717, 1.165) is 30.3 Å². The van der Waals surface area contributed by atoms with Gasteiger partial charge in [0.1, 0.15) is 40.6 Å². The zero-order chi connectivity index (χ0) is 37.3. The fourth-order valence-corrected chi connectivity index (χ4v) is 6.69. The largest absolute Gasteiger partial charge is 0.508 e. The second kappa shape index (κ2) is 12.2. The first-order valence-electron chi connectivity index (χ1n) is 15.7. The van der Waals surface area contributed by atoms with Crippen molar-refractivity contribution in [2.75, 3.05) is 0 Å². The summed E-state index contributed by atoms with van der Waals surface area (Å²) in [4.78, 5) is 27.3. The maximum atomic E-state index is 13.9. The fourth-order valence-electron chi connectivity index (χ4n) is 6.69. The second-order valence-electron chi connectivity index (χ2n) is 12.7. The fraction of sp³-hybridized carbons (Fsp3) is 0.189. The Morgan fingerprint density at radius 3 is 1.85 bits per heavy atom. The summed E-state index contributed by atoms with van der Waals surface area (Å²) in [7, 11) is 0. The Bertz CT molecular complexity index is 2360. The van der Waals surface area contributed by atoms with Crippen LogP contribution in [0.4, 0.5) is 0 Å². The number of phenolic OH excluding ortho intramolecular Hbond substituents is 9. The van der Waals surface area contributed by atoms with Crippen molar-refractivity contribution in [3.8, 4) is 63.2 Å². The molecule has 0 amide bonds. The van der Waals surface area contributed by atoms with Crippen LogP contribution >= 0.6 is 0 Å². The summed E-state index contributed by atoms with van der Waals surface area (Å²) in [5.41, 5.74) is -0.600. The number of phenols is 9. The monoisotopic (exact) mass is 714 g/mol. The van der Waals surface area contributed by atoms with Crippen LogP contribution in [0.5, 0.6) is 63.2 Å². The van der Waals surface area contributed by atoms with Crippen molar-refractivity contribution < 1.29 is 70.1 Å². The lowest BCUT2D eigenvalue weighted by molar-refractivity contribution is -0.0188. The van der Waals surface area contributed by atoms with Gasteiger partial charge in [0.15, 0.2) is 46.4 Å². The third-order valence-corrected chi connectivity index (χ3v) is 9.18. The Labute approximate surface area is 292 Å². The highest BCUT2D eigenvalue weighted by Gasteiger charge is 2.39. The van der Waals surface area contributed by atoms with Gasteiger partial charge in [-0.1, -0.05) is 0 Å². The minimum atomic E-state index is -1.38. The molecule has 5 aromatic rings. The van der Waals surface area contributed by atoms with Crippen LogP contribution in [0.25, 0.3) is 10.8 Å². The van der Waals surface area contributed by atoms with Gasteiger partial charge in [0.2, 0.25) is 0 Å². The van der Waals surface area contributed by atoms with Crippen molar-refractivity contribution in [1.82, 2.24) is 0 Å². The number of aryl methyl sites for hydroxylation is 1. The van der Waals surface area contributed by atoms with Crippen LogP contribution in [-0.4, -0.2) is 69.2 Å². The zero-order valence-corrected chi connectivity index (χ0v) is 26.9. The first-order chi connectivity index (χ1) is 24.6. The van der Waals surface area contributed by atoms with E-state index in [1.807, 2.05) is 0 Å². The molecule has 5 aromatic carbocycles. The third-order valence-electron chi connectivity index (χ3n) is 9.18. The number of ether oxygens (including phenoxy) is 3. The summed E-state index contributed by atoms with van der Waals surface area (Å²) in [6.45, 7) is 1.42. The van der Waals surface area contributed by atoms with Crippen molar-refractivity contribution in [2.45, 2.75) is 44.2 Å². The van der Waals surface area contributed by atoms with Gasteiger partial charge in [-0.05, 0) is 53.8 Å². The number of benzene rings is 4. The minimum Gasteiger partial charge on any atom is -0.508 e. The number of aliphatic hydroxyl groups is 1. The van der Waals surface area contributed by atoms with Crippen LogP contribution in [0.1, 0.15) is 50.4 Å². The number of aromatic hydroxyl groups is 9. The van der Waals surface area contributed by atoms with Gasteiger partial charge in [0.05, 0.1) is 17.1 Å². The molecular formula is C37H30O15. The number of aliphatic hydroxyl groups excluding tert-OH is 1. The molecule has 0 aliphatic carbocycles. The summed E-state index contributed by atoms with van der Waals surface area (Å²) in [5.74, 6) is -6.47. The Hall–Kier alpha value is -6.74. The first kappa shape index (κ1) is 33.7. The maximum Gasteiger partial charge on any atom is 0.338 e. The Balaban J connectivity index is 1.41. The van der Waals surface area contributed by atoms with Crippen molar-refractivity contribution in [1.29, 1.82) is 0 Å². The smallest absolute Gasteiger partial charge is 0.338 e. The number of hydrogen-bond acceptors (Lipinski definition) is 15. The first-order valence-corrected chi connectivity index (χ1v) is 15.7. The predicted octanol–water partition coefficient (Wildman–Crippen LogP) is 3.80. The lowest BCUT2D eigenvalue weighted by atomic mass is 9.90. The van der Waals surface area contributed by atoms with Gasteiger partial charge in [-0.3, -0.25) is 4.79 Å². The molecule has 0 radical (unpaired) electrons. The number of hydrogen-bond donors (Lipinski definition) is 10. The minimum absolute atomic E-state index is 0.00601. The van der Waals surface area contributed by atoms with Crippen LogP contribution < -0.4 is 14.9 Å². The van der Waals surface area contributed by atoms with Gasteiger partial charge in [-0.2, -0.15) is 0 Å². The summed E-state index contributed by atoms with van der Waals surface area (Å²) in [6, 6.07) is 10.1. The number of fused-ring (bicyclic) bond motifs is 3. The molecule has 15 nitrogen and oxygen atoms in total. The molecule has 0 bridgehead atoms. The van der Waals surface area contributed by atoms with Crippen molar-refractivity contribution in [3.63, 3.8) is 0 Å². The normalized spacial score (nSPS) is 19.2. The molecule has 0 spiro atoms. The predicted molar refractivity (Wildman–Crippen MR) is 179 cm³/mol. The molecule has 0 saturated heterocycles. The van der Waals surface area contributed by atoms with Gasteiger partial charge >= 0.3 is 5.97 Å². The van der Waals surface area contributed by atoms with E-state index in [-0.39, 0.29) is 91.5 Å². The Kier molecular flexibility index (Phi) is 7.94. The van der Waals surface area contributed by atoms with E-state index in [0.29, 0.717) is 0 Å². The van der Waals surface area contributed by atoms with Crippen molar-refractivity contribution in [2.24, 2.45) is 0 Å². The van der Waals surface area contributed by atoms with Crippen molar-refractivity contribution in [3.05, 3.63) is 98.2 Å². The molecular weight excluding hydrogens is 684 g/mol. The highest BCUT2D eigenvalue weighted by molar-refractivity contribution is 5.94. The molecule has 7 rings (SSSR count). The molecule has 2 heterocycles. The Morgan fingerprint density at radius 1 is 0.673 bits per heavy atom. The molecule has 4 unspecified atom stereocenters. The summed E-state index contributed by atoms with van der Waals surface area (Å²) in [6.07, 6.45) is -5.73. The summed E-state index contributed by atoms with van der Waals surface area (Å²) in [5, 5.41) is 104. The zero-order valence-electron chi connectivity index (χ0n) is 26.9. The van der Waals surface area contributed by atoms with Gasteiger partial charge in [0, 0.05) is 53.8 Å². The topological polar surface area (TPSA) is 264 Å². The molecule has 268 valence electrons. The number of carbonyl (C=O) groups excluding carboxylic acids is 1. The van der Waals surface area contributed by atoms with E-state index in [2.05, 4.69) is 0 Å². The van der Waals surface area contributed by atoms with E-state index in [1.165, 1.54) is 31.2 Å². The number of esters is 1. The summed E-state index contributed by atoms with van der Waals surface area (Å²) < 4.78 is 18.0. The lowest BCUT2D eigenvalue weighted by Crippen LogP contribution is -2.34. The molecule has 15 heteroatoms. The average molecular weight is 715 g/mol. The van der Waals surface area contributed by atoms with Crippen LogP contribution in [0.2, 0.25) is 0 Å². The SMILES string of the molecule is Cc1cc(C2Oc3cc(O)cc(O)c3CC2OC(=O)c2cc(O)c(O)c(O)c2)cc2c(C3Oc4cc(O)cc(O)c4CC3O)cc(O)c(O)c2c1=O. The van der Waals surface area contributed by atoms with Crippen LogP contribution in [0.15, 0.2) is 59.4 Å². The molecule has 10 N–H and O–H groups in total. The van der Waals surface area contributed by atoms with Crippen LogP contribution in [0.3, 0.4) is 0 Å². The van der Waals surface area contributed by atoms with Crippen molar-refractivity contribution >= 4 is 16.7 Å². The van der Waals surface area contributed by atoms with Gasteiger partial charge in [0.25, 0.3) is 0 Å². The molecule has 2 aliphatic rings. The van der Waals surface area contributed by atoms with Crippen LogP contribution in [0, 0.1) is 6.92 Å². The molecule has 0 fully saturated rings. The quantitative estimate of drug-likeness (QED) is 0.0937. The van der Waals surface area contributed by atoms with E-state index in [1.54, 1.807) is 0 Å². The van der Waals surface area contributed by atoms with Crippen LogP contribution in [-0.2, 0) is 17.6 Å². The Morgan fingerprint density at radius 2 is 1.23 bits per heavy atom. The van der Waals surface area contributed by atoms with Gasteiger partial charge in [-0.15, -0.1) is 0 Å². The van der Waals surface area contributed by atoms with Gasteiger partial charge < -0.3 is 65.3 Å². The second-order valence-corrected chi connectivity index (χ2v) is 12.7. The standard InChI is InChI=1S/C37H30O15/c1-13-2-14(35-30(12-21-23(41)7-17(39)9-29(21)50-35)52-37(49)15-4-24(42)33(47)25(43)5-15)3-18-19(10-26(44)34(48)31(18)32(13)46)36-27(45)11-20-22(40)6-16(38)8-28(20)51-36/h2-10,27,30,35-36,38-45,47-48H,11-12H2,1H3. The van der Waals surface area contributed by atoms with E-state index in [9.17, 15) is 60.7 Å². The lowest BCUT2D eigenvalue weighted by Gasteiger charge is -2.34. The summed E-state index contributed by atoms with van der Waals surface area (Å²) >= 11 is 0. The van der Waals surface area contributed by atoms with Gasteiger partial charge in [-0.25, -0.2) is 4.79 Å². The number of carbonyl (C=O) groups is 1.